The fourth-order valence-corrected chi connectivity index (χ4v) is 2.90. The Hall–Kier alpha value is -2.32. The Bertz CT molecular complexity index is 596. The Kier molecular flexibility index (Phi) is 6.67. The largest absolute Gasteiger partial charge is 0.450 e. The number of hydrogen-bond acceptors (Lipinski definition) is 6. The molecule has 1 heterocycles. The van der Waals surface area contributed by atoms with Crippen LogP contribution in [0.1, 0.15) is 53.4 Å². The van der Waals surface area contributed by atoms with Gasteiger partial charge in [0.05, 0.1) is 6.04 Å². The molecular weight excluding hydrogens is 354 g/mol. The number of esters is 1. The van der Waals surface area contributed by atoms with Crippen LogP contribution < -0.4 is 16.0 Å². The lowest BCUT2D eigenvalue weighted by Crippen LogP contribution is -2.54. The molecule has 3 amide bonds. The molecule has 2 rings (SSSR count). The first kappa shape index (κ1) is 21.0. The molecule has 9 nitrogen and oxygen atoms in total. The Labute approximate surface area is 158 Å². The molecule has 1 aliphatic carbocycles. The zero-order chi connectivity index (χ0) is 20.2. The van der Waals surface area contributed by atoms with Gasteiger partial charge in [0.1, 0.15) is 5.60 Å². The fourth-order valence-electron chi connectivity index (χ4n) is 2.90. The molecule has 2 aliphatic rings. The van der Waals surface area contributed by atoms with Crippen LogP contribution in [0.2, 0.25) is 0 Å². The standard InChI is InChI=1S/C18H29N3O6/c1-10(22)26-14(16(24)20-12-5-6-12)13(9-11-7-8-19-15(11)23)21-17(25)27-18(2,3)4/h11-14H,5-9H2,1-4H3,(H,19,23)(H,20,24)(H,21,25)/t11-,13-,14-/m0/s1. The molecule has 0 aromatic heterocycles. The summed E-state index contributed by atoms with van der Waals surface area (Å²) in [6, 6.07) is -0.816. The summed E-state index contributed by atoms with van der Waals surface area (Å²) < 4.78 is 10.5. The average Bonchev–Trinajstić information content (AvgIpc) is 3.23. The van der Waals surface area contributed by atoms with E-state index in [1.807, 2.05) is 0 Å². The minimum absolute atomic E-state index is 0.0625. The highest BCUT2D eigenvalue weighted by Gasteiger charge is 2.39. The van der Waals surface area contributed by atoms with Crippen molar-refractivity contribution < 1.29 is 28.7 Å². The van der Waals surface area contributed by atoms with E-state index >= 15 is 0 Å². The third-order valence-corrected chi connectivity index (χ3v) is 4.24. The van der Waals surface area contributed by atoms with Crippen molar-refractivity contribution in [3.8, 4) is 0 Å². The maximum Gasteiger partial charge on any atom is 0.408 e. The van der Waals surface area contributed by atoms with E-state index in [-0.39, 0.29) is 24.3 Å². The molecule has 0 unspecified atom stereocenters. The molecule has 0 aromatic rings. The molecule has 9 heteroatoms. The summed E-state index contributed by atoms with van der Waals surface area (Å²) in [6.45, 7) is 6.89. The summed E-state index contributed by atoms with van der Waals surface area (Å²) in [5.74, 6) is -1.64. The predicted octanol–water partition coefficient (Wildman–Crippen LogP) is 0.616. The number of carbonyl (C=O) groups excluding carboxylic acids is 4. The molecule has 27 heavy (non-hydrogen) atoms. The number of nitrogens with one attached hydrogen (secondary N) is 3. The summed E-state index contributed by atoms with van der Waals surface area (Å²) in [6.07, 6.45) is 0.525. The van der Waals surface area contributed by atoms with Gasteiger partial charge in [-0.05, 0) is 46.5 Å². The number of alkyl carbamates (subject to hydrolysis) is 1. The van der Waals surface area contributed by atoms with Gasteiger partial charge in [-0.2, -0.15) is 0 Å². The maximum atomic E-state index is 12.6. The second-order valence-corrected chi connectivity index (χ2v) is 8.08. The van der Waals surface area contributed by atoms with Crippen LogP contribution in [0.15, 0.2) is 0 Å². The fraction of sp³-hybridized carbons (Fsp3) is 0.778. The van der Waals surface area contributed by atoms with Gasteiger partial charge in [-0.25, -0.2) is 4.79 Å². The normalized spacial score (nSPS) is 21.6. The van der Waals surface area contributed by atoms with Crippen molar-refractivity contribution in [3.63, 3.8) is 0 Å². The van der Waals surface area contributed by atoms with E-state index in [0.717, 1.165) is 12.8 Å². The van der Waals surface area contributed by atoms with Crippen LogP contribution in [0, 0.1) is 5.92 Å². The van der Waals surface area contributed by atoms with E-state index in [0.29, 0.717) is 13.0 Å². The van der Waals surface area contributed by atoms with E-state index in [2.05, 4.69) is 16.0 Å². The molecule has 152 valence electrons. The Balaban J connectivity index is 2.16. The van der Waals surface area contributed by atoms with Crippen LogP contribution in [0.25, 0.3) is 0 Å². The highest BCUT2D eigenvalue weighted by Crippen LogP contribution is 2.22. The first-order chi connectivity index (χ1) is 12.5. The van der Waals surface area contributed by atoms with Crippen molar-refractivity contribution in [2.75, 3.05) is 6.54 Å². The van der Waals surface area contributed by atoms with Crippen LogP contribution in [0.3, 0.4) is 0 Å². The SMILES string of the molecule is CC(=O)O[C@H](C(=O)NC1CC1)[C@H](C[C@@H]1CCNC1=O)NC(=O)OC(C)(C)C. The van der Waals surface area contributed by atoms with Gasteiger partial charge < -0.3 is 25.4 Å². The van der Waals surface area contributed by atoms with Crippen molar-refractivity contribution >= 4 is 23.9 Å². The average molecular weight is 383 g/mol. The van der Waals surface area contributed by atoms with Gasteiger partial charge in [-0.1, -0.05) is 0 Å². The molecule has 1 saturated carbocycles. The number of amides is 3. The van der Waals surface area contributed by atoms with Gasteiger partial charge in [-0.15, -0.1) is 0 Å². The van der Waals surface area contributed by atoms with Gasteiger partial charge in [0.15, 0.2) is 6.10 Å². The van der Waals surface area contributed by atoms with Crippen LogP contribution in [-0.4, -0.2) is 54.2 Å². The maximum absolute atomic E-state index is 12.6. The third-order valence-electron chi connectivity index (χ3n) is 4.24. The number of rotatable bonds is 7. The first-order valence-electron chi connectivity index (χ1n) is 9.30. The third kappa shape index (κ3) is 7.07. The predicted molar refractivity (Wildman–Crippen MR) is 95.6 cm³/mol. The van der Waals surface area contributed by atoms with Gasteiger partial charge in [-0.3, -0.25) is 14.4 Å². The summed E-state index contributed by atoms with van der Waals surface area (Å²) in [7, 11) is 0. The van der Waals surface area contributed by atoms with Crippen LogP contribution >= 0.6 is 0 Å². The monoisotopic (exact) mass is 383 g/mol. The summed E-state index contributed by atoms with van der Waals surface area (Å²) in [5.41, 5.74) is -0.730. The zero-order valence-corrected chi connectivity index (χ0v) is 16.3. The topological polar surface area (TPSA) is 123 Å². The van der Waals surface area contributed by atoms with E-state index in [4.69, 9.17) is 9.47 Å². The smallest absolute Gasteiger partial charge is 0.408 e. The molecule has 0 spiro atoms. The second-order valence-electron chi connectivity index (χ2n) is 8.08. The molecule has 1 aliphatic heterocycles. The number of hydrogen-bond donors (Lipinski definition) is 3. The van der Waals surface area contributed by atoms with Gasteiger partial charge in [0.25, 0.3) is 5.91 Å². The van der Waals surface area contributed by atoms with Crippen molar-refractivity contribution in [2.24, 2.45) is 5.92 Å². The van der Waals surface area contributed by atoms with Gasteiger partial charge >= 0.3 is 12.1 Å². The highest BCUT2D eigenvalue weighted by atomic mass is 16.6. The summed E-state index contributed by atoms with van der Waals surface area (Å²) >= 11 is 0. The molecule has 1 saturated heterocycles. The molecule has 0 aromatic carbocycles. The highest BCUT2D eigenvalue weighted by molar-refractivity contribution is 5.86. The molecule has 0 bridgehead atoms. The molecule has 0 radical (unpaired) electrons. The Morgan fingerprint density at radius 3 is 2.37 bits per heavy atom. The van der Waals surface area contributed by atoms with Crippen LogP contribution in [-0.2, 0) is 23.9 Å². The first-order valence-corrected chi connectivity index (χ1v) is 9.30. The number of carbonyl (C=O) groups is 4. The zero-order valence-electron chi connectivity index (χ0n) is 16.3. The molecule has 3 N–H and O–H groups in total. The van der Waals surface area contributed by atoms with E-state index in [1.165, 1.54) is 6.92 Å². The second kappa shape index (κ2) is 8.58. The van der Waals surface area contributed by atoms with Crippen LogP contribution in [0.4, 0.5) is 4.79 Å². The lowest BCUT2D eigenvalue weighted by molar-refractivity contribution is -0.156. The van der Waals surface area contributed by atoms with Crippen molar-refractivity contribution in [1.82, 2.24) is 16.0 Å². The number of ether oxygens (including phenoxy) is 2. The van der Waals surface area contributed by atoms with Crippen molar-refractivity contribution in [1.29, 1.82) is 0 Å². The van der Waals surface area contributed by atoms with E-state index < -0.39 is 35.7 Å². The Morgan fingerprint density at radius 2 is 1.89 bits per heavy atom. The lowest BCUT2D eigenvalue weighted by atomic mass is 9.94. The molecule has 3 atom stereocenters. The quantitative estimate of drug-likeness (QED) is 0.554. The van der Waals surface area contributed by atoms with Gasteiger partial charge in [0, 0.05) is 25.4 Å². The Morgan fingerprint density at radius 1 is 1.22 bits per heavy atom. The van der Waals surface area contributed by atoms with E-state index in [1.54, 1.807) is 20.8 Å². The minimum Gasteiger partial charge on any atom is -0.450 e. The van der Waals surface area contributed by atoms with E-state index in [9.17, 15) is 19.2 Å². The molecule has 2 fully saturated rings. The van der Waals surface area contributed by atoms with Crippen LogP contribution in [0.5, 0.6) is 0 Å². The summed E-state index contributed by atoms with van der Waals surface area (Å²) in [4.78, 5) is 48.4. The summed E-state index contributed by atoms with van der Waals surface area (Å²) in [5, 5.41) is 8.14. The van der Waals surface area contributed by atoms with Gasteiger partial charge in [0.2, 0.25) is 5.91 Å². The lowest BCUT2D eigenvalue weighted by Gasteiger charge is -2.29. The minimum atomic E-state index is -1.23. The van der Waals surface area contributed by atoms with Crippen molar-refractivity contribution in [2.45, 2.75) is 77.2 Å². The van der Waals surface area contributed by atoms with Crippen molar-refractivity contribution in [3.05, 3.63) is 0 Å². The molecular formula is C18H29N3O6.